The Bertz CT molecular complexity index is 481. The number of likely N-dealkylation sites (N-methyl/N-ethyl adjacent to an activating group) is 1. The van der Waals surface area contributed by atoms with E-state index in [9.17, 15) is 0 Å². The number of hydrogen-bond donors (Lipinski definition) is 0. The molecule has 17 heavy (non-hydrogen) atoms. The van der Waals surface area contributed by atoms with Gasteiger partial charge in [0.2, 0.25) is 0 Å². The van der Waals surface area contributed by atoms with Crippen LogP contribution in [0.3, 0.4) is 0 Å². The second kappa shape index (κ2) is 5.37. The first-order valence-electron chi connectivity index (χ1n) is 6.53. The fourth-order valence-corrected chi connectivity index (χ4v) is 2.43. The zero-order chi connectivity index (χ0) is 12.3. The van der Waals surface area contributed by atoms with Crippen LogP contribution in [0.25, 0.3) is 10.9 Å². The SMILES string of the molecule is CCN(CC)CCn1c(C)cc2ccccc21. The lowest BCUT2D eigenvalue weighted by Crippen LogP contribution is -2.27. The summed E-state index contributed by atoms with van der Waals surface area (Å²) in [5.74, 6) is 0. The van der Waals surface area contributed by atoms with Gasteiger partial charge in [-0.3, -0.25) is 0 Å². The Morgan fingerprint density at radius 1 is 1.12 bits per heavy atom. The first kappa shape index (κ1) is 12.2. The standard InChI is InChI=1S/C15H22N2/c1-4-16(5-2)10-11-17-13(3)12-14-8-6-7-9-15(14)17/h6-9,12H,4-5,10-11H2,1-3H3. The van der Waals surface area contributed by atoms with Gasteiger partial charge in [-0.25, -0.2) is 0 Å². The van der Waals surface area contributed by atoms with E-state index in [2.05, 4.69) is 60.6 Å². The molecular formula is C15H22N2. The summed E-state index contributed by atoms with van der Waals surface area (Å²) in [6.07, 6.45) is 0. The van der Waals surface area contributed by atoms with Crippen molar-refractivity contribution in [3.63, 3.8) is 0 Å². The van der Waals surface area contributed by atoms with Gasteiger partial charge in [0.05, 0.1) is 0 Å². The second-order valence-corrected chi connectivity index (χ2v) is 4.52. The maximum atomic E-state index is 2.47. The normalized spacial score (nSPS) is 11.5. The quantitative estimate of drug-likeness (QED) is 0.765. The summed E-state index contributed by atoms with van der Waals surface area (Å²) in [5, 5.41) is 1.35. The lowest BCUT2D eigenvalue weighted by atomic mass is 10.2. The van der Waals surface area contributed by atoms with Crippen molar-refractivity contribution in [1.29, 1.82) is 0 Å². The molecule has 0 saturated carbocycles. The van der Waals surface area contributed by atoms with Gasteiger partial charge >= 0.3 is 0 Å². The summed E-state index contributed by atoms with van der Waals surface area (Å²) >= 11 is 0. The molecule has 0 radical (unpaired) electrons. The molecule has 0 atom stereocenters. The minimum atomic E-state index is 1.08. The Morgan fingerprint density at radius 3 is 2.53 bits per heavy atom. The molecule has 2 aromatic rings. The number of aryl methyl sites for hydroxylation is 1. The highest BCUT2D eigenvalue weighted by molar-refractivity contribution is 5.81. The van der Waals surface area contributed by atoms with E-state index in [-0.39, 0.29) is 0 Å². The minimum Gasteiger partial charge on any atom is -0.344 e. The van der Waals surface area contributed by atoms with Crippen LogP contribution in [0.4, 0.5) is 0 Å². The third-order valence-corrected chi connectivity index (χ3v) is 3.55. The van der Waals surface area contributed by atoms with Crippen LogP contribution in [0.2, 0.25) is 0 Å². The first-order valence-corrected chi connectivity index (χ1v) is 6.53. The lowest BCUT2D eigenvalue weighted by molar-refractivity contribution is 0.291. The predicted molar refractivity (Wildman–Crippen MR) is 74.5 cm³/mol. The molecule has 1 aromatic carbocycles. The van der Waals surface area contributed by atoms with E-state index in [4.69, 9.17) is 0 Å². The molecule has 0 unspecified atom stereocenters. The third-order valence-electron chi connectivity index (χ3n) is 3.55. The molecule has 0 fully saturated rings. The zero-order valence-corrected chi connectivity index (χ0v) is 11.1. The van der Waals surface area contributed by atoms with Gasteiger partial charge in [-0.2, -0.15) is 0 Å². The van der Waals surface area contributed by atoms with Gasteiger partial charge in [0.1, 0.15) is 0 Å². The van der Waals surface area contributed by atoms with Crippen molar-refractivity contribution >= 4 is 10.9 Å². The van der Waals surface area contributed by atoms with Gasteiger partial charge in [-0.05, 0) is 37.5 Å². The number of hydrogen-bond acceptors (Lipinski definition) is 1. The summed E-state index contributed by atoms with van der Waals surface area (Å²) in [6.45, 7) is 11.1. The van der Waals surface area contributed by atoms with Crippen molar-refractivity contribution in [3.05, 3.63) is 36.0 Å². The molecule has 0 aliphatic heterocycles. The van der Waals surface area contributed by atoms with E-state index in [1.807, 2.05) is 0 Å². The summed E-state index contributed by atoms with van der Waals surface area (Å²) in [7, 11) is 0. The number of nitrogens with zero attached hydrogens (tertiary/aromatic N) is 2. The lowest BCUT2D eigenvalue weighted by Gasteiger charge is -2.19. The molecule has 0 aliphatic carbocycles. The van der Waals surface area contributed by atoms with Crippen LogP contribution < -0.4 is 0 Å². The van der Waals surface area contributed by atoms with E-state index in [0.717, 1.165) is 26.2 Å². The summed E-state index contributed by atoms with van der Waals surface area (Å²) in [5.41, 5.74) is 2.72. The van der Waals surface area contributed by atoms with Crippen LogP contribution in [-0.2, 0) is 6.54 Å². The Labute approximate surface area is 104 Å². The van der Waals surface area contributed by atoms with Crippen LogP contribution in [0.5, 0.6) is 0 Å². The molecule has 2 nitrogen and oxygen atoms in total. The number of aromatic nitrogens is 1. The zero-order valence-electron chi connectivity index (χ0n) is 11.1. The highest BCUT2D eigenvalue weighted by Gasteiger charge is 2.06. The maximum absolute atomic E-state index is 2.47. The fraction of sp³-hybridized carbons (Fsp3) is 0.467. The molecule has 2 heteroatoms. The largest absolute Gasteiger partial charge is 0.344 e. The van der Waals surface area contributed by atoms with Gasteiger partial charge in [0.25, 0.3) is 0 Å². The van der Waals surface area contributed by atoms with Crippen molar-refractivity contribution in [3.8, 4) is 0 Å². The highest BCUT2D eigenvalue weighted by atomic mass is 15.1. The molecule has 0 amide bonds. The number of para-hydroxylation sites is 1. The van der Waals surface area contributed by atoms with Crippen molar-refractivity contribution in [1.82, 2.24) is 9.47 Å². The van der Waals surface area contributed by atoms with Crippen molar-refractivity contribution in [2.75, 3.05) is 19.6 Å². The van der Waals surface area contributed by atoms with E-state index in [1.165, 1.54) is 16.6 Å². The number of fused-ring (bicyclic) bond motifs is 1. The third kappa shape index (κ3) is 2.52. The summed E-state index contributed by atoms with van der Waals surface area (Å²) in [4.78, 5) is 2.47. The average Bonchev–Trinajstić information content (AvgIpc) is 2.67. The molecule has 0 spiro atoms. The Balaban J connectivity index is 2.20. The van der Waals surface area contributed by atoms with Crippen LogP contribution >= 0.6 is 0 Å². The first-order chi connectivity index (χ1) is 8.26. The Morgan fingerprint density at radius 2 is 1.82 bits per heavy atom. The van der Waals surface area contributed by atoms with Crippen LogP contribution in [0, 0.1) is 6.92 Å². The molecule has 2 rings (SSSR count). The predicted octanol–water partition coefficient (Wildman–Crippen LogP) is 3.29. The van der Waals surface area contributed by atoms with Crippen molar-refractivity contribution in [2.45, 2.75) is 27.3 Å². The van der Waals surface area contributed by atoms with Crippen LogP contribution in [-0.4, -0.2) is 29.1 Å². The highest BCUT2D eigenvalue weighted by Crippen LogP contribution is 2.18. The van der Waals surface area contributed by atoms with Gasteiger partial charge in [-0.15, -0.1) is 0 Å². The topological polar surface area (TPSA) is 8.17 Å². The van der Waals surface area contributed by atoms with Gasteiger partial charge in [0, 0.05) is 24.3 Å². The molecular weight excluding hydrogens is 208 g/mol. The Hall–Kier alpha value is -1.28. The summed E-state index contributed by atoms with van der Waals surface area (Å²) in [6, 6.07) is 10.9. The smallest absolute Gasteiger partial charge is 0.0482 e. The molecule has 92 valence electrons. The Kier molecular flexibility index (Phi) is 3.85. The number of rotatable bonds is 5. The van der Waals surface area contributed by atoms with Crippen molar-refractivity contribution in [2.24, 2.45) is 0 Å². The van der Waals surface area contributed by atoms with E-state index < -0.39 is 0 Å². The molecule has 1 heterocycles. The van der Waals surface area contributed by atoms with Gasteiger partial charge < -0.3 is 9.47 Å². The van der Waals surface area contributed by atoms with Gasteiger partial charge in [-0.1, -0.05) is 32.0 Å². The van der Waals surface area contributed by atoms with Crippen LogP contribution in [0.15, 0.2) is 30.3 Å². The maximum Gasteiger partial charge on any atom is 0.0482 e. The van der Waals surface area contributed by atoms with E-state index in [0.29, 0.717) is 0 Å². The molecule has 0 bridgehead atoms. The van der Waals surface area contributed by atoms with Crippen molar-refractivity contribution < 1.29 is 0 Å². The molecule has 0 aliphatic rings. The van der Waals surface area contributed by atoms with Gasteiger partial charge in [0.15, 0.2) is 0 Å². The van der Waals surface area contributed by atoms with Crippen LogP contribution in [0.1, 0.15) is 19.5 Å². The minimum absolute atomic E-state index is 1.08. The molecule has 1 aromatic heterocycles. The second-order valence-electron chi connectivity index (χ2n) is 4.52. The number of benzene rings is 1. The average molecular weight is 230 g/mol. The molecule has 0 saturated heterocycles. The van der Waals surface area contributed by atoms with E-state index >= 15 is 0 Å². The fourth-order valence-electron chi connectivity index (χ4n) is 2.43. The summed E-state index contributed by atoms with van der Waals surface area (Å²) < 4.78 is 2.42. The monoisotopic (exact) mass is 230 g/mol. The molecule has 0 N–H and O–H groups in total. The van der Waals surface area contributed by atoms with E-state index in [1.54, 1.807) is 0 Å².